The van der Waals surface area contributed by atoms with Crippen LogP contribution in [0.5, 0.6) is 0 Å². The smallest absolute Gasteiger partial charge is 0.309 e. The second-order valence-electron chi connectivity index (χ2n) is 5.32. The van der Waals surface area contributed by atoms with Gasteiger partial charge in [-0.3, -0.25) is 9.59 Å². The molecule has 0 aromatic heterocycles. The predicted octanol–water partition coefficient (Wildman–Crippen LogP) is 1.61. The molecule has 4 heteroatoms. The molecule has 18 heavy (non-hydrogen) atoms. The summed E-state index contributed by atoms with van der Waals surface area (Å²) in [5.74, 6) is 0.365. The van der Waals surface area contributed by atoms with Crippen LogP contribution in [0.1, 0.15) is 26.2 Å². The SMILES string of the molecule is COC(=O)C1CCN(C(=O)C2CC=CC2)CC1C. The van der Waals surface area contributed by atoms with Crippen LogP contribution in [-0.4, -0.2) is 37.0 Å². The number of nitrogens with zero attached hydrogens (tertiary/aromatic N) is 1. The minimum Gasteiger partial charge on any atom is -0.469 e. The number of carbonyl (C=O) groups is 2. The van der Waals surface area contributed by atoms with Crippen LogP contribution in [0.3, 0.4) is 0 Å². The van der Waals surface area contributed by atoms with Crippen molar-refractivity contribution in [2.75, 3.05) is 20.2 Å². The fourth-order valence-corrected chi connectivity index (χ4v) is 2.92. The number of methoxy groups -OCH3 is 1. The van der Waals surface area contributed by atoms with Crippen LogP contribution in [0.4, 0.5) is 0 Å². The van der Waals surface area contributed by atoms with E-state index in [-0.39, 0.29) is 29.6 Å². The van der Waals surface area contributed by atoms with Crippen molar-refractivity contribution in [3.63, 3.8) is 0 Å². The van der Waals surface area contributed by atoms with Gasteiger partial charge in [-0.15, -0.1) is 0 Å². The lowest BCUT2D eigenvalue weighted by Crippen LogP contribution is -2.47. The van der Waals surface area contributed by atoms with Gasteiger partial charge in [0, 0.05) is 19.0 Å². The number of esters is 1. The Balaban J connectivity index is 1.91. The molecule has 1 aliphatic carbocycles. The molecule has 2 aliphatic rings. The van der Waals surface area contributed by atoms with E-state index in [2.05, 4.69) is 12.2 Å². The molecule has 1 amide bonds. The minimum atomic E-state index is -0.142. The number of ether oxygens (including phenoxy) is 1. The Kier molecular flexibility index (Phi) is 4.04. The second-order valence-corrected chi connectivity index (χ2v) is 5.32. The summed E-state index contributed by atoms with van der Waals surface area (Å²) in [5.41, 5.74) is 0. The molecule has 1 aliphatic heterocycles. The van der Waals surface area contributed by atoms with Gasteiger partial charge in [-0.2, -0.15) is 0 Å². The number of rotatable bonds is 2. The van der Waals surface area contributed by atoms with E-state index in [1.54, 1.807) is 0 Å². The molecule has 4 nitrogen and oxygen atoms in total. The van der Waals surface area contributed by atoms with Crippen molar-refractivity contribution in [3.05, 3.63) is 12.2 Å². The zero-order chi connectivity index (χ0) is 13.1. The topological polar surface area (TPSA) is 46.6 Å². The van der Waals surface area contributed by atoms with Gasteiger partial charge in [-0.25, -0.2) is 0 Å². The molecule has 2 atom stereocenters. The Morgan fingerprint density at radius 1 is 1.28 bits per heavy atom. The molecule has 1 heterocycles. The summed E-state index contributed by atoms with van der Waals surface area (Å²) in [5, 5.41) is 0. The number of piperidine rings is 1. The van der Waals surface area contributed by atoms with Gasteiger partial charge in [0.15, 0.2) is 0 Å². The predicted molar refractivity (Wildman–Crippen MR) is 67.7 cm³/mol. The monoisotopic (exact) mass is 251 g/mol. The van der Waals surface area contributed by atoms with E-state index in [1.807, 2.05) is 11.8 Å². The average Bonchev–Trinajstić information content (AvgIpc) is 2.90. The molecule has 100 valence electrons. The van der Waals surface area contributed by atoms with Crippen molar-refractivity contribution >= 4 is 11.9 Å². The third-order valence-electron chi connectivity index (χ3n) is 4.08. The number of carbonyl (C=O) groups excluding carboxylic acids is 2. The standard InChI is InChI=1S/C14H21NO3/c1-10-9-15(8-7-12(10)14(17)18-2)13(16)11-5-3-4-6-11/h3-4,10-12H,5-9H2,1-2H3. The molecule has 2 unspecified atom stereocenters. The quantitative estimate of drug-likeness (QED) is 0.553. The number of allylic oxidation sites excluding steroid dienone is 2. The van der Waals surface area contributed by atoms with Crippen molar-refractivity contribution in [3.8, 4) is 0 Å². The zero-order valence-electron chi connectivity index (χ0n) is 11.1. The average molecular weight is 251 g/mol. The molecular formula is C14H21NO3. The second kappa shape index (κ2) is 5.55. The first-order valence-corrected chi connectivity index (χ1v) is 6.65. The third kappa shape index (κ3) is 2.57. The molecule has 0 aromatic carbocycles. The Bertz CT molecular complexity index is 356. The zero-order valence-corrected chi connectivity index (χ0v) is 11.1. The van der Waals surface area contributed by atoms with Gasteiger partial charge >= 0.3 is 5.97 Å². The van der Waals surface area contributed by atoms with E-state index in [9.17, 15) is 9.59 Å². The van der Waals surface area contributed by atoms with Crippen molar-refractivity contribution in [2.45, 2.75) is 26.2 Å². The number of likely N-dealkylation sites (tertiary alicyclic amines) is 1. The van der Waals surface area contributed by atoms with E-state index in [4.69, 9.17) is 4.74 Å². The molecule has 0 bridgehead atoms. The van der Waals surface area contributed by atoms with Crippen LogP contribution in [0.15, 0.2) is 12.2 Å². The maximum Gasteiger partial charge on any atom is 0.309 e. The Morgan fingerprint density at radius 3 is 2.50 bits per heavy atom. The number of hydrogen-bond donors (Lipinski definition) is 0. The minimum absolute atomic E-state index is 0.0549. The molecule has 1 saturated heterocycles. The lowest BCUT2D eigenvalue weighted by molar-refractivity contribution is -0.152. The summed E-state index contributed by atoms with van der Waals surface area (Å²) < 4.78 is 4.80. The van der Waals surface area contributed by atoms with Crippen molar-refractivity contribution in [2.24, 2.45) is 17.8 Å². The Morgan fingerprint density at radius 2 is 1.94 bits per heavy atom. The fraction of sp³-hybridized carbons (Fsp3) is 0.714. The molecular weight excluding hydrogens is 230 g/mol. The highest BCUT2D eigenvalue weighted by molar-refractivity contribution is 5.80. The van der Waals surface area contributed by atoms with Gasteiger partial charge in [-0.05, 0) is 25.2 Å². The molecule has 0 radical (unpaired) electrons. The number of amides is 1. The van der Waals surface area contributed by atoms with Crippen LogP contribution in [-0.2, 0) is 14.3 Å². The van der Waals surface area contributed by atoms with Crippen LogP contribution in [0.25, 0.3) is 0 Å². The normalized spacial score (nSPS) is 28.4. The summed E-state index contributed by atoms with van der Waals surface area (Å²) in [6, 6.07) is 0. The largest absolute Gasteiger partial charge is 0.469 e. The highest BCUT2D eigenvalue weighted by Gasteiger charge is 2.35. The van der Waals surface area contributed by atoms with Gasteiger partial charge in [0.05, 0.1) is 13.0 Å². The van der Waals surface area contributed by atoms with Gasteiger partial charge in [-0.1, -0.05) is 19.1 Å². The van der Waals surface area contributed by atoms with Gasteiger partial charge in [0.1, 0.15) is 0 Å². The van der Waals surface area contributed by atoms with Crippen molar-refractivity contribution in [1.29, 1.82) is 0 Å². The van der Waals surface area contributed by atoms with Crippen LogP contribution < -0.4 is 0 Å². The summed E-state index contributed by atoms with van der Waals surface area (Å²) in [6.45, 7) is 3.38. The van der Waals surface area contributed by atoms with E-state index in [0.717, 1.165) is 19.3 Å². The first kappa shape index (κ1) is 13.1. The van der Waals surface area contributed by atoms with Crippen LogP contribution in [0, 0.1) is 17.8 Å². The third-order valence-corrected chi connectivity index (χ3v) is 4.08. The lowest BCUT2D eigenvalue weighted by Gasteiger charge is -2.36. The lowest BCUT2D eigenvalue weighted by atomic mass is 9.86. The fourth-order valence-electron chi connectivity index (χ4n) is 2.92. The van der Waals surface area contributed by atoms with Crippen molar-refractivity contribution in [1.82, 2.24) is 4.90 Å². The molecule has 0 N–H and O–H groups in total. The highest BCUT2D eigenvalue weighted by atomic mass is 16.5. The molecule has 0 aromatic rings. The summed E-state index contributed by atoms with van der Waals surface area (Å²) in [4.78, 5) is 25.8. The summed E-state index contributed by atoms with van der Waals surface area (Å²) in [6.07, 6.45) is 6.61. The maximum absolute atomic E-state index is 12.3. The molecule has 0 spiro atoms. The van der Waals surface area contributed by atoms with E-state index < -0.39 is 0 Å². The van der Waals surface area contributed by atoms with Gasteiger partial charge < -0.3 is 9.64 Å². The Hall–Kier alpha value is -1.32. The van der Waals surface area contributed by atoms with E-state index in [0.29, 0.717) is 13.1 Å². The number of hydrogen-bond acceptors (Lipinski definition) is 3. The molecule has 0 saturated carbocycles. The van der Waals surface area contributed by atoms with Gasteiger partial charge in [0.2, 0.25) is 5.91 Å². The van der Waals surface area contributed by atoms with E-state index in [1.165, 1.54) is 7.11 Å². The molecule has 2 rings (SSSR count). The van der Waals surface area contributed by atoms with Crippen LogP contribution in [0.2, 0.25) is 0 Å². The highest BCUT2D eigenvalue weighted by Crippen LogP contribution is 2.28. The first-order chi connectivity index (χ1) is 8.63. The van der Waals surface area contributed by atoms with Crippen molar-refractivity contribution < 1.29 is 14.3 Å². The van der Waals surface area contributed by atoms with Gasteiger partial charge in [0.25, 0.3) is 0 Å². The first-order valence-electron chi connectivity index (χ1n) is 6.65. The van der Waals surface area contributed by atoms with E-state index >= 15 is 0 Å². The summed E-state index contributed by atoms with van der Waals surface area (Å²) >= 11 is 0. The summed E-state index contributed by atoms with van der Waals surface area (Å²) in [7, 11) is 1.43. The molecule has 1 fully saturated rings. The maximum atomic E-state index is 12.3. The van der Waals surface area contributed by atoms with Crippen LogP contribution >= 0.6 is 0 Å². The Labute approximate surface area is 108 Å².